The normalized spacial score (nSPS) is 23.9. The van der Waals surface area contributed by atoms with Crippen LogP contribution in [0.2, 0.25) is 0 Å². The molecule has 5 nitrogen and oxygen atoms in total. The molecule has 0 aliphatic carbocycles. The Morgan fingerprint density at radius 2 is 2.30 bits per heavy atom. The van der Waals surface area contributed by atoms with Crippen LogP contribution in [0.15, 0.2) is 23.3 Å². The van der Waals surface area contributed by atoms with Gasteiger partial charge >= 0.3 is 0 Å². The fraction of sp³-hybridized carbons (Fsp3) is 0.286. The number of nitrogens with zero attached hydrogens (tertiary/aromatic N) is 2. The number of fused-ring (bicyclic) bond motifs is 1. The van der Waals surface area contributed by atoms with E-state index in [9.17, 15) is 9.18 Å². The zero-order valence-corrected chi connectivity index (χ0v) is 10.9. The third-order valence-corrected chi connectivity index (χ3v) is 3.86. The fourth-order valence-electron chi connectivity index (χ4n) is 3.07. The van der Waals surface area contributed by atoms with Crippen molar-refractivity contribution in [2.75, 3.05) is 25.5 Å². The van der Waals surface area contributed by atoms with E-state index in [2.05, 4.69) is 26.8 Å². The van der Waals surface area contributed by atoms with E-state index in [0.717, 1.165) is 23.4 Å². The molecule has 3 aliphatic heterocycles. The van der Waals surface area contributed by atoms with Gasteiger partial charge in [-0.05, 0) is 19.2 Å². The largest absolute Gasteiger partial charge is 0.377 e. The van der Waals surface area contributed by atoms with E-state index in [4.69, 9.17) is 0 Å². The molecule has 3 heterocycles. The first kappa shape index (κ1) is 11.6. The van der Waals surface area contributed by atoms with Gasteiger partial charge in [-0.3, -0.25) is 9.69 Å². The molecule has 1 atom stereocenters. The molecule has 6 heteroatoms. The van der Waals surface area contributed by atoms with Gasteiger partial charge in [0.1, 0.15) is 5.82 Å². The number of carbonyl (C=O) groups excluding carboxylic acids is 1. The molecule has 102 valence electrons. The van der Waals surface area contributed by atoms with Crippen LogP contribution in [-0.4, -0.2) is 42.7 Å². The SMILES string of the molecule is CN1CC2=NNC(=O)c3cc(F)cc4c3C2=CC(C1)N4. The van der Waals surface area contributed by atoms with E-state index in [0.29, 0.717) is 17.8 Å². The highest BCUT2D eigenvalue weighted by molar-refractivity contribution is 6.30. The lowest BCUT2D eigenvalue weighted by molar-refractivity contribution is 0.0954. The number of hydrazone groups is 1. The number of nitrogens with one attached hydrogen (secondary N) is 2. The van der Waals surface area contributed by atoms with Crippen molar-refractivity contribution in [2.24, 2.45) is 5.10 Å². The number of rotatable bonds is 0. The van der Waals surface area contributed by atoms with Gasteiger partial charge in [-0.25, -0.2) is 9.82 Å². The summed E-state index contributed by atoms with van der Waals surface area (Å²) in [4.78, 5) is 14.2. The van der Waals surface area contributed by atoms with Crippen LogP contribution in [0.5, 0.6) is 0 Å². The lowest BCUT2D eigenvalue weighted by atomic mass is 9.90. The minimum absolute atomic E-state index is 0.0954. The summed E-state index contributed by atoms with van der Waals surface area (Å²) in [5.74, 6) is -0.789. The number of amides is 1. The highest BCUT2D eigenvalue weighted by Gasteiger charge is 2.33. The first-order chi connectivity index (χ1) is 9.61. The van der Waals surface area contributed by atoms with Crippen molar-refractivity contribution in [1.82, 2.24) is 10.3 Å². The Hall–Kier alpha value is -2.21. The third kappa shape index (κ3) is 1.58. The van der Waals surface area contributed by atoms with Gasteiger partial charge in [-0.1, -0.05) is 6.08 Å². The number of anilines is 1. The number of benzene rings is 1. The molecule has 0 saturated carbocycles. The van der Waals surface area contributed by atoms with Crippen LogP contribution in [0.4, 0.5) is 10.1 Å². The average molecular weight is 272 g/mol. The lowest BCUT2D eigenvalue weighted by Gasteiger charge is -2.25. The Balaban J connectivity index is 2.02. The van der Waals surface area contributed by atoms with Crippen LogP contribution in [0.3, 0.4) is 0 Å². The summed E-state index contributed by atoms with van der Waals surface area (Å²) >= 11 is 0. The second-order valence-corrected chi connectivity index (χ2v) is 5.40. The molecule has 3 aliphatic rings. The molecule has 4 rings (SSSR count). The van der Waals surface area contributed by atoms with Crippen molar-refractivity contribution < 1.29 is 9.18 Å². The second kappa shape index (κ2) is 3.89. The minimum Gasteiger partial charge on any atom is -0.377 e. The van der Waals surface area contributed by atoms with Gasteiger partial charge < -0.3 is 5.32 Å². The summed E-state index contributed by atoms with van der Waals surface area (Å²) < 4.78 is 13.7. The second-order valence-electron chi connectivity index (χ2n) is 5.40. The first-order valence-electron chi connectivity index (χ1n) is 6.50. The van der Waals surface area contributed by atoms with Crippen LogP contribution in [-0.2, 0) is 0 Å². The van der Waals surface area contributed by atoms with Crippen molar-refractivity contribution in [2.45, 2.75) is 6.04 Å². The molecule has 0 fully saturated rings. The van der Waals surface area contributed by atoms with Crippen LogP contribution in [0, 0.1) is 5.82 Å². The fourth-order valence-corrected chi connectivity index (χ4v) is 3.07. The molecule has 2 N–H and O–H groups in total. The maximum atomic E-state index is 13.7. The summed E-state index contributed by atoms with van der Waals surface area (Å²) in [7, 11) is 2.00. The quantitative estimate of drug-likeness (QED) is 0.742. The van der Waals surface area contributed by atoms with E-state index in [1.54, 1.807) is 0 Å². The maximum absolute atomic E-state index is 13.7. The van der Waals surface area contributed by atoms with E-state index in [-0.39, 0.29) is 11.9 Å². The number of hydrogen-bond acceptors (Lipinski definition) is 4. The van der Waals surface area contributed by atoms with Gasteiger partial charge in [0.25, 0.3) is 5.91 Å². The third-order valence-electron chi connectivity index (χ3n) is 3.86. The zero-order valence-electron chi connectivity index (χ0n) is 10.9. The van der Waals surface area contributed by atoms with E-state index < -0.39 is 5.82 Å². The summed E-state index contributed by atoms with van der Waals surface area (Å²) in [6.45, 7) is 1.46. The van der Waals surface area contributed by atoms with E-state index in [1.165, 1.54) is 12.1 Å². The Kier molecular flexibility index (Phi) is 2.26. The van der Waals surface area contributed by atoms with E-state index in [1.807, 2.05) is 7.05 Å². The predicted octanol–water partition coefficient (Wildman–Crippen LogP) is 1.05. The standard InChI is InChI=1S/C14H13FN4O/c1-19-5-8-4-9-12(6-19)17-18-14(20)10-2-7(15)3-11(16-8)13(9)10/h2-4,8,16H,5-6H2,1H3,(H,18,20). The van der Waals surface area contributed by atoms with Gasteiger partial charge in [0.2, 0.25) is 0 Å². The van der Waals surface area contributed by atoms with Crippen molar-refractivity contribution in [3.8, 4) is 0 Å². The van der Waals surface area contributed by atoms with Crippen molar-refractivity contribution in [3.63, 3.8) is 0 Å². The molecule has 20 heavy (non-hydrogen) atoms. The highest BCUT2D eigenvalue weighted by Crippen LogP contribution is 2.37. The molecule has 0 aromatic heterocycles. The molecule has 0 radical (unpaired) electrons. The van der Waals surface area contributed by atoms with Crippen molar-refractivity contribution >= 4 is 22.9 Å². The molecule has 1 amide bonds. The Bertz CT molecular complexity index is 695. The minimum atomic E-state index is -0.419. The highest BCUT2D eigenvalue weighted by atomic mass is 19.1. The number of likely N-dealkylation sites (N-methyl/N-ethyl adjacent to an activating group) is 1. The number of carbonyl (C=O) groups is 1. The topological polar surface area (TPSA) is 56.7 Å². The van der Waals surface area contributed by atoms with Crippen LogP contribution >= 0.6 is 0 Å². The maximum Gasteiger partial charge on any atom is 0.272 e. The van der Waals surface area contributed by atoms with Crippen LogP contribution < -0.4 is 10.7 Å². The Labute approximate surface area is 115 Å². The molecule has 1 aromatic carbocycles. The van der Waals surface area contributed by atoms with Gasteiger partial charge in [0, 0.05) is 29.9 Å². The van der Waals surface area contributed by atoms with Crippen LogP contribution in [0.25, 0.3) is 5.57 Å². The number of halogens is 1. The first-order valence-corrected chi connectivity index (χ1v) is 6.50. The van der Waals surface area contributed by atoms with Gasteiger partial charge in [-0.15, -0.1) is 0 Å². The molecule has 0 spiro atoms. The Morgan fingerprint density at radius 1 is 1.45 bits per heavy atom. The summed E-state index contributed by atoms with van der Waals surface area (Å²) in [5, 5.41) is 7.49. The zero-order chi connectivity index (χ0) is 13.9. The predicted molar refractivity (Wildman–Crippen MR) is 74.2 cm³/mol. The van der Waals surface area contributed by atoms with Crippen molar-refractivity contribution in [1.29, 1.82) is 0 Å². The summed E-state index contributed by atoms with van der Waals surface area (Å²) in [5.41, 5.74) is 6.02. The van der Waals surface area contributed by atoms with Crippen LogP contribution in [0.1, 0.15) is 15.9 Å². The monoisotopic (exact) mass is 272 g/mol. The summed E-state index contributed by atoms with van der Waals surface area (Å²) in [6, 6.07) is 2.81. The van der Waals surface area contributed by atoms with Gasteiger partial charge in [0.05, 0.1) is 17.3 Å². The van der Waals surface area contributed by atoms with E-state index >= 15 is 0 Å². The molecule has 0 saturated heterocycles. The molecule has 1 aromatic rings. The van der Waals surface area contributed by atoms with Gasteiger partial charge in [-0.2, -0.15) is 5.10 Å². The lowest BCUT2D eigenvalue weighted by Crippen LogP contribution is -2.34. The average Bonchev–Trinajstić information content (AvgIpc) is 2.58. The molecule has 2 bridgehead atoms. The number of hydrogen-bond donors (Lipinski definition) is 2. The molecular weight excluding hydrogens is 259 g/mol. The van der Waals surface area contributed by atoms with Crippen molar-refractivity contribution in [3.05, 3.63) is 35.2 Å². The summed E-state index contributed by atoms with van der Waals surface area (Å²) in [6.07, 6.45) is 2.08. The molecule has 1 unspecified atom stereocenters. The smallest absolute Gasteiger partial charge is 0.272 e. The molecular formula is C14H13FN4O. The Morgan fingerprint density at radius 3 is 3.15 bits per heavy atom. The van der Waals surface area contributed by atoms with Gasteiger partial charge in [0.15, 0.2) is 0 Å².